The van der Waals surface area contributed by atoms with E-state index in [2.05, 4.69) is 30.5 Å². The molecule has 0 aliphatic heterocycles. The van der Waals surface area contributed by atoms with Crippen molar-refractivity contribution in [2.24, 2.45) is 0 Å². The van der Waals surface area contributed by atoms with Crippen molar-refractivity contribution in [3.8, 4) is 0 Å². The molecule has 1 amide bonds. The maximum atomic E-state index is 11.8. The highest BCUT2D eigenvalue weighted by molar-refractivity contribution is 5.90. The molecular weight excluding hydrogens is 248 g/mol. The van der Waals surface area contributed by atoms with E-state index in [-0.39, 0.29) is 5.91 Å². The lowest BCUT2D eigenvalue weighted by Crippen LogP contribution is -2.16. The van der Waals surface area contributed by atoms with Crippen molar-refractivity contribution in [1.29, 1.82) is 0 Å². The Morgan fingerprint density at radius 1 is 1.00 bits per heavy atom. The Hall–Kier alpha value is -2.29. The zero-order valence-corrected chi connectivity index (χ0v) is 11.9. The fourth-order valence-corrected chi connectivity index (χ4v) is 2.00. The Bertz CT molecular complexity index is 579. The van der Waals surface area contributed by atoms with Crippen molar-refractivity contribution < 1.29 is 4.79 Å². The predicted octanol–water partition coefficient (Wildman–Crippen LogP) is 3.74. The first-order chi connectivity index (χ1) is 9.66. The molecule has 0 fully saturated rings. The third-order valence-electron chi connectivity index (χ3n) is 3.33. The maximum absolute atomic E-state index is 11.8. The van der Waals surface area contributed by atoms with Crippen LogP contribution in [0.25, 0.3) is 0 Å². The van der Waals surface area contributed by atoms with Gasteiger partial charge in [-0.2, -0.15) is 0 Å². The highest BCUT2D eigenvalue weighted by Crippen LogP contribution is 2.17. The van der Waals surface area contributed by atoms with E-state index in [4.69, 9.17) is 0 Å². The summed E-state index contributed by atoms with van der Waals surface area (Å²) < 4.78 is 0. The number of rotatable bonds is 5. The Morgan fingerprint density at radius 3 is 2.50 bits per heavy atom. The number of anilines is 2. The summed E-state index contributed by atoms with van der Waals surface area (Å²) in [4.78, 5) is 11.8. The quantitative estimate of drug-likeness (QED) is 0.867. The van der Waals surface area contributed by atoms with Crippen LogP contribution in [0.3, 0.4) is 0 Å². The Balaban J connectivity index is 1.81. The molecule has 0 heterocycles. The normalized spacial score (nSPS) is 10.1. The summed E-state index contributed by atoms with van der Waals surface area (Å²) in [5.74, 6) is 0.0222. The zero-order valence-electron chi connectivity index (χ0n) is 11.9. The standard InChI is InChI=1S/C17H20N2O/c1-13-7-6-10-16(14(13)2)18-12-11-17(20)19-15-8-4-3-5-9-15/h3-10,18H,11-12H2,1-2H3,(H,19,20). The lowest BCUT2D eigenvalue weighted by atomic mass is 10.1. The molecule has 0 aliphatic rings. The largest absolute Gasteiger partial charge is 0.384 e. The van der Waals surface area contributed by atoms with Crippen LogP contribution in [-0.2, 0) is 4.79 Å². The Kier molecular flexibility index (Phi) is 4.77. The second-order valence-corrected chi connectivity index (χ2v) is 4.84. The molecule has 20 heavy (non-hydrogen) atoms. The van der Waals surface area contributed by atoms with Gasteiger partial charge in [-0.15, -0.1) is 0 Å². The minimum absolute atomic E-state index is 0.0222. The summed E-state index contributed by atoms with van der Waals surface area (Å²) in [6, 6.07) is 15.7. The van der Waals surface area contributed by atoms with Crippen LogP contribution < -0.4 is 10.6 Å². The summed E-state index contributed by atoms with van der Waals surface area (Å²) in [5, 5.41) is 6.18. The summed E-state index contributed by atoms with van der Waals surface area (Å²) >= 11 is 0. The van der Waals surface area contributed by atoms with Gasteiger partial charge in [-0.05, 0) is 43.2 Å². The minimum atomic E-state index is 0.0222. The molecule has 2 aromatic rings. The molecule has 0 saturated carbocycles. The van der Waals surface area contributed by atoms with E-state index in [1.807, 2.05) is 42.5 Å². The van der Waals surface area contributed by atoms with E-state index in [1.165, 1.54) is 11.1 Å². The monoisotopic (exact) mass is 268 g/mol. The molecule has 0 bridgehead atoms. The van der Waals surface area contributed by atoms with Crippen molar-refractivity contribution in [3.63, 3.8) is 0 Å². The van der Waals surface area contributed by atoms with Crippen LogP contribution in [0.2, 0.25) is 0 Å². The summed E-state index contributed by atoms with van der Waals surface area (Å²) in [7, 11) is 0. The fourth-order valence-electron chi connectivity index (χ4n) is 2.00. The van der Waals surface area contributed by atoms with Gasteiger partial charge in [-0.1, -0.05) is 30.3 Å². The van der Waals surface area contributed by atoms with Crippen molar-refractivity contribution in [2.75, 3.05) is 17.2 Å². The van der Waals surface area contributed by atoms with Gasteiger partial charge in [0.15, 0.2) is 0 Å². The third-order valence-corrected chi connectivity index (χ3v) is 3.33. The van der Waals surface area contributed by atoms with Gasteiger partial charge in [0, 0.05) is 24.3 Å². The topological polar surface area (TPSA) is 41.1 Å². The molecule has 3 nitrogen and oxygen atoms in total. The van der Waals surface area contributed by atoms with Crippen LogP contribution >= 0.6 is 0 Å². The summed E-state index contributed by atoms with van der Waals surface area (Å²) in [6.07, 6.45) is 0.447. The van der Waals surface area contributed by atoms with Gasteiger partial charge in [0.1, 0.15) is 0 Å². The molecule has 2 rings (SSSR count). The Labute approximate surface area is 120 Å². The number of amides is 1. The number of carbonyl (C=O) groups is 1. The fraction of sp³-hybridized carbons (Fsp3) is 0.235. The van der Waals surface area contributed by atoms with Gasteiger partial charge in [-0.25, -0.2) is 0 Å². The van der Waals surface area contributed by atoms with Crippen LogP contribution in [0.15, 0.2) is 48.5 Å². The smallest absolute Gasteiger partial charge is 0.226 e. The number of para-hydroxylation sites is 1. The Morgan fingerprint density at radius 2 is 1.75 bits per heavy atom. The van der Waals surface area contributed by atoms with Gasteiger partial charge < -0.3 is 10.6 Å². The highest BCUT2D eigenvalue weighted by Gasteiger charge is 2.03. The van der Waals surface area contributed by atoms with Crippen molar-refractivity contribution >= 4 is 17.3 Å². The van der Waals surface area contributed by atoms with E-state index < -0.39 is 0 Å². The molecule has 3 heteroatoms. The molecule has 2 N–H and O–H groups in total. The van der Waals surface area contributed by atoms with E-state index in [1.54, 1.807) is 0 Å². The number of hydrogen-bond donors (Lipinski definition) is 2. The molecule has 0 aliphatic carbocycles. The van der Waals surface area contributed by atoms with Crippen molar-refractivity contribution in [3.05, 3.63) is 59.7 Å². The highest BCUT2D eigenvalue weighted by atomic mass is 16.1. The number of hydrogen-bond acceptors (Lipinski definition) is 2. The lowest BCUT2D eigenvalue weighted by Gasteiger charge is -2.11. The molecule has 2 aromatic carbocycles. The van der Waals surface area contributed by atoms with E-state index in [0.717, 1.165) is 11.4 Å². The third kappa shape index (κ3) is 3.85. The van der Waals surface area contributed by atoms with Gasteiger partial charge >= 0.3 is 0 Å². The first-order valence-electron chi connectivity index (χ1n) is 6.82. The maximum Gasteiger partial charge on any atom is 0.226 e. The van der Waals surface area contributed by atoms with Gasteiger partial charge in [0.2, 0.25) is 5.91 Å². The van der Waals surface area contributed by atoms with Crippen molar-refractivity contribution in [2.45, 2.75) is 20.3 Å². The van der Waals surface area contributed by atoms with Crippen LogP contribution in [0.5, 0.6) is 0 Å². The first-order valence-corrected chi connectivity index (χ1v) is 6.82. The molecular formula is C17H20N2O. The van der Waals surface area contributed by atoms with Crippen LogP contribution in [-0.4, -0.2) is 12.5 Å². The number of nitrogens with one attached hydrogen (secondary N) is 2. The minimum Gasteiger partial charge on any atom is -0.384 e. The van der Waals surface area contributed by atoms with E-state index in [0.29, 0.717) is 13.0 Å². The van der Waals surface area contributed by atoms with Crippen LogP contribution in [0.1, 0.15) is 17.5 Å². The predicted molar refractivity (Wildman–Crippen MR) is 84.1 cm³/mol. The molecule has 0 atom stereocenters. The number of benzene rings is 2. The second-order valence-electron chi connectivity index (χ2n) is 4.84. The molecule has 0 aromatic heterocycles. The molecule has 104 valence electrons. The summed E-state index contributed by atoms with van der Waals surface area (Å²) in [6.45, 7) is 4.80. The number of aryl methyl sites for hydroxylation is 1. The average Bonchev–Trinajstić information content (AvgIpc) is 2.44. The number of carbonyl (C=O) groups excluding carboxylic acids is 1. The zero-order chi connectivity index (χ0) is 14.4. The molecule has 0 unspecified atom stereocenters. The van der Waals surface area contributed by atoms with E-state index >= 15 is 0 Å². The van der Waals surface area contributed by atoms with Crippen molar-refractivity contribution in [1.82, 2.24) is 0 Å². The van der Waals surface area contributed by atoms with E-state index in [9.17, 15) is 4.79 Å². The van der Waals surface area contributed by atoms with Crippen LogP contribution in [0.4, 0.5) is 11.4 Å². The first kappa shape index (κ1) is 14.1. The molecule has 0 saturated heterocycles. The molecule has 0 spiro atoms. The van der Waals surface area contributed by atoms with Gasteiger partial charge in [0.05, 0.1) is 0 Å². The lowest BCUT2D eigenvalue weighted by molar-refractivity contribution is -0.115. The average molecular weight is 268 g/mol. The second kappa shape index (κ2) is 6.75. The van der Waals surface area contributed by atoms with Crippen LogP contribution in [0, 0.1) is 13.8 Å². The van der Waals surface area contributed by atoms with Gasteiger partial charge in [0.25, 0.3) is 0 Å². The summed E-state index contributed by atoms with van der Waals surface area (Å²) in [5.41, 5.74) is 4.42. The molecule has 0 radical (unpaired) electrons. The van der Waals surface area contributed by atoms with Gasteiger partial charge in [-0.3, -0.25) is 4.79 Å². The SMILES string of the molecule is Cc1cccc(NCCC(=O)Nc2ccccc2)c1C.